The summed E-state index contributed by atoms with van der Waals surface area (Å²) in [6, 6.07) is 0. The molecule has 2 N–H and O–H groups in total. The first-order valence-electron chi connectivity index (χ1n) is 9.59. The van der Waals surface area contributed by atoms with Crippen LogP contribution >= 0.6 is 0 Å². The Morgan fingerprint density at radius 2 is 1.32 bits per heavy atom. The molecule has 0 unspecified atom stereocenters. The Balaban J connectivity index is -0.00000288. The third-order valence-corrected chi connectivity index (χ3v) is 3.32. The monoisotopic (exact) mass is 366 g/mol. The van der Waals surface area contributed by atoms with Crippen molar-refractivity contribution in [2.45, 2.75) is 39.5 Å². The molecule has 0 aromatic carbocycles. The van der Waals surface area contributed by atoms with E-state index in [-0.39, 0.29) is 8.76 Å². The molecule has 0 saturated carbocycles. The van der Waals surface area contributed by atoms with Gasteiger partial charge in [-0.1, -0.05) is 6.92 Å². The fraction of sp³-hybridized carbons (Fsp3) is 0.944. The zero-order valence-corrected chi connectivity index (χ0v) is 16.1. The largest absolute Gasteiger partial charge is 0.382 e. The molecular formula is C18H42N2O5. The van der Waals surface area contributed by atoms with Gasteiger partial charge in [-0.15, -0.1) is 0 Å². The summed E-state index contributed by atoms with van der Waals surface area (Å²) in [4.78, 5) is 11.5. The van der Waals surface area contributed by atoms with Gasteiger partial charge in [0.15, 0.2) is 0 Å². The van der Waals surface area contributed by atoms with Crippen LogP contribution in [0.5, 0.6) is 0 Å². The number of ether oxygens (including phenoxy) is 4. The molecule has 7 heteroatoms. The molecule has 154 valence electrons. The maximum Gasteiger partial charge on any atom is 0.220 e. The standard InChI is InChI=1S/C18H38N2O5.2H2/c1-3-19-9-6-12-23-14-16-25-17-15-24-13-7-10-20-18(21)8-5-11-22-4-2;;/h19H,3-17H2,1-2H3,(H,20,21);2*1H. The summed E-state index contributed by atoms with van der Waals surface area (Å²) >= 11 is 0. The van der Waals surface area contributed by atoms with E-state index in [9.17, 15) is 4.79 Å². The molecular weight excluding hydrogens is 324 g/mol. The van der Waals surface area contributed by atoms with E-state index in [1.165, 1.54) is 0 Å². The van der Waals surface area contributed by atoms with E-state index < -0.39 is 0 Å². The summed E-state index contributed by atoms with van der Waals surface area (Å²) in [6.07, 6.45) is 3.13. The number of rotatable bonds is 20. The summed E-state index contributed by atoms with van der Waals surface area (Å²) in [5.74, 6) is 0.0773. The molecule has 0 aliphatic heterocycles. The van der Waals surface area contributed by atoms with Crippen molar-refractivity contribution in [3.63, 3.8) is 0 Å². The van der Waals surface area contributed by atoms with Gasteiger partial charge >= 0.3 is 0 Å². The number of nitrogens with one attached hydrogen (secondary N) is 2. The molecule has 0 fully saturated rings. The highest BCUT2D eigenvalue weighted by Crippen LogP contribution is 1.91. The molecule has 7 nitrogen and oxygen atoms in total. The lowest BCUT2D eigenvalue weighted by Crippen LogP contribution is -2.25. The lowest BCUT2D eigenvalue weighted by molar-refractivity contribution is -0.121. The van der Waals surface area contributed by atoms with Crippen LogP contribution in [-0.2, 0) is 23.7 Å². The molecule has 0 heterocycles. The first-order chi connectivity index (χ1) is 12.3. The predicted molar refractivity (Wildman–Crippen MR) is 103 cm³/mol. The van der Waals surface area contributed by atoms with Crippen molar-refractivity contribution in [1.29, 1.82) is 0 Å². The fourth-order valence-corrected chi connectivity index (χ4v) is 1.99. The topological polar surface area (TPSA) is 78.0 Å². The number of hydrogen-bond donors (Lipinski definition) is 2. The molecule has 0 saturated heterocycles. The lowest BCUT2D eigenvalue weighted by atomic mass is 10.3. The van der Waals surface area contributed by atoms with E-state index in [1.54, 1.807) is 0 Å². The Morgan fingerprint density at radius 3 is 1.92 bits per heavy atom. The van der Waals surface area contributed by atoms with Crippen molar-refractivity contribution >= 4 is 5.91 Å². The zero-order valence-electron chi connectivity index (χ0n) is 16.1. The van der Waals surface area contributed by atoms with Gasteiger partial charge in [-0.25, -0.2) is 0 Å². The molecule has 0 rings (SSSR count). The summed E-state index contributed by atoms with van der Waals surface area (Å²) in [5, 5.41) is 6.13. The molecule has 0 aromatic heterocycles. The zero-order chi connectivity index (χ0) is 18.4. The molecule has 0 aliphatic rings. The van der Waals surface area contributed by atoms with Crippen molar-refractivity contribution < 1.29 is 26.6 Å². The van der Waals surface area contributed by atoms with Crippen molar-refractivity contribution in [2.24, 2.45) is 0 Å². The highest BCUT2D eigenvalue weighted by Gasteiger charge is 2.00. The maximum absolute atomic E-state index is 11.5. The van der Waals surface area contributed by atoms with Gasteiger partial charge in [0.25, 0.3) is 0 Å². The first kappa shape index (κ1) is 24.3. The third kappa shape index (κ3) is 21.2. The highest BCUT2D eigenvalue weighted by atomic mass is 16.5. The predicted octanol–water partition coefficient (Wildman–Crippen LogP) is 1.85. The van der Waals surface area contributed by atoms with E-state index in [0.717, 1.165) is 39.0 Å². The van der Waals surface area contributed by atoms with Gasteiger partial charge in [-0.2, -0.15) is 0 Å². The third-order valence-electron chi connectivity index (χ3n) is 3.32. The Morgan fingerprint density at radius 1 is 0.760 bits per heavy atom. The van der Waals surface area contributed by atoms with Crippen molar-refractivity contribution in [1.82, 2.24) is 10.6 Å². The van der Waals surface area contributed by atoms with E-state index in [4.69, 9.17) is 18.9 Å². The van der Waals surface area contributed by atoms with Crippen LogP contribution < -0.4 is 10.6 Å². The van der Waals surface area contributed by atoms with Gasteiger partial charge in [-0.05, 0) is 39.3 Å². The molecule has 25 heavy (non-hydrogen) atoms. The summed E-state index contributed by atoms with van der Waals surface area (Å²) < 4.78 is 21.5. The Bertz CT molecular complexity index is 290. The summed E-state index contributed by atoms with van der Waals surface area (Å²) in [5.41, 5.74) is 0. The molecule has 0 bridgehead atoms. The van der Waals surface area contributed by atoms with Crippen LogP contribution in [-0.4, -0.2) is 78.4 Å². The minimum atomic E-state index is 0. The summed E-state index contributed by atoms with van der Waals surface area (Å²) in [7, 11) is 0. The van der Waals surface area contributed by atoms with Crippen molar-refractivity contribution in [3.8, 4) is 0 Å². The number of amides is 1. The van der Waals surface area contributed by atoms with Gasteiger partial charge in [0, 0.05) is 42.2 Å². The van der Waals surface area contributed by atoms with Gasteiger partial charge < -0.3 is 29.6 Å². The van der Waals surface area contributed by atoms with Crippen molar-refractivity contribution in [2.75, 3.05) is 72.5 Å². The van der Waals surface area contributed by atoms with E-state index >= 15 is 0 Å². The minimum Gasteiger partial charge on any atom is -0.382 e. The van der Waals surface area contributed by atoms with Gasteiger partial charge in [0.1, 0.15) is 0 Å². The quantitative estimate of drug-likeness (QED) is 0.320. The SMILES string of the molecule is CCNCCCOCCOCCOCCCNC(=O)CCCOCC.[HH].[HH]. The maximum atomic E-state index is 11.5. The number of carbonyl (C=O) groups excluding carboxylic acids is 1. The molecule has 0 aromatic rings. The smallest absolute Gasteiger partial charge is 0.220 e. The second-order valence-corrected chi connectivity index (χ2v) is 5.55. The van der Waals surface area contributed by atoms with Crippen LogP contribution in [0.15, 0.2) is 0 Å². The second kappa shape index (κ2) is 21.3. The second-order valence-electron chi connectivity index (χ2n) is 5.55. The molecule has 0 aliphatic carbocycles. The van der Waals surface area contributed by atoms with Crippen LogP contribution in [0.25, 0.3) is 0 Å². The Kier molecular flexibility index (Phi) is 20.7. The van der Waals surface area contributed by atoms with Gasteiger partial charge in [-0.3, -0.25) is 4.79 Å². The van der Waals surface area contributed by atoms with Crippen LogP contribution in [0.2, 0.25) is 0 Å². The molecule has 0 radical (unpaired) electrons. The van der Waals surface area contributed by atoms with Crippen LogP contribution in [0, 0.1) is 0 Å². The molecule has 0 spiro atoms. The van der Waals surface area contributed by atoms with E-state index in [0.29, 0.717) is 59.2 Å². The van der Waals surface area contributed by atoms with Crippen LogP contribution in [0.1, 0.15) is 42.4 Å². The van der Waals surface area contributed by atoms with Crippen LogP contribution in [0.4, 0.5) is 0 Å². The molecule has 0 atom stereocenters. The highest BCUT2D eigenvalue weighted by molar-refractivity contribution is 5.75. The fourth-order valence-electron chi connectivity index (χ4n) is 1.99. The molecule has 1 amide bonds. The Hall–Kier alpha value is -0.730. The average Bonchev–Trinajstić information content (AvgIpc) is 2.62. The summed E-state index contributed by atoms with van der Waals surface area (Å²) in [6.45, 7) is 11.8. The van der Waals surface area contributed by atoms with Crippen molar-refractivity contribution in [3.05, 3.63) is 0 Å². The van der Waals surface area contributed by atoms with Crippen LogP contribution in [0.3, 0.4) is 0 Å². The van der Waals surface area contributed by atoms with Gasteiger partial charge in [0.2, 0.25) is 5.91 Å². The number of carbonyl (C=O) groups is 1. The Labute approximate surface area is 156 Å². The van der Waals surface area contributed by atoms with Gasteiger partial charge in [0.05, 0.1) is 26.4 Å². The van der Waals surface area contributed by atoms with E-state index in [2.05, 4.69) is 17.6 Å². The number of hydrogen-bond acceptors (Lipinski definition) is 6. The average molecular weight is 367 g/mol. The first-order valence-corrected chi connectivity index (χ1v) is 9.59. The normalized spacial score (nSPS) is 11.0. The van der Waals surface area contributed by atoms with E-state index in [1.807, 2.05) is 6.92 Å². The minimum absolute atomic E-state index is 0. The lowest BCUT2D eigenvalue weighted by Gasteiger charge is -2.08.